The first-order valence-corrected chi connectivity index (χ1v) is 9.19. The molecule has 1 heterocycles. The molecule has 4 rings (SSSR count). The molecular formula is C23H17NO6. The van der Waals surface area contributed by atoms with Crippen molar-refractivity contribution < 1.29 is 28.6 Å². The monoisotopic (exact) mass is 403 g/mol. The molecule has 0 bridgehead atoms. The molecule has 1 aliphatic rings. The summed E-state index contributed by atoms with van der Waals surface area (Å²) in [7, 11) is 0. The molecule has 0 unspecified atom stereocenters. The largest absolute Gasteiger partial charge is 0.482 e. The van der Waals surface area contributed by atoms with Crippen LogP contribution in [0.15, 0.2) is 72.8 Å². The summed E-state index contributed by atoms with van der Waals surface area (Å²) >= 11 is 0. The molecule has 0 atom stereocenters. The molecule has 1 amide bonds. The molecule has 0 fully saturated rings. The minimum Gasteiger partial charge on any atom is -0.482 e. The third-order valence-corrected chi connectivity index (χ3v) is 4.35. The SMILES string of the molecule is O=C1COc2ccc(C(=O)COC(=O)c3ccccc3Oc3ccccc3)cc2N1. The number of amides is 1. The van der Waals surface area contributed by atoms with Gasteiger partial charge in [-0.3, -0.25) is 9.59 Å². The maximum atomic E-state index is 12.5. The molecule has 0 saturated carbocycles. The van der Waals surface area contributed by atoms with Gasteiger partial charge in [0.05, 0.1) is 5.69 Å². The van der Waals surface area contributed by atoms with Crippen molar-refractivity contribution in [3.8, 4) is 17.2 Å². The van der Waals surface area contributed by atoms with Crippen LogP contribution in [0.4, 0.5) is 5.69 Å². The molecular weight excluding hydrogens is 386 g/mol. The standard InChI is InChI=1S/C23H17NO6/c25-19(15-10-11-21-18(12-15)24-22(26)14-28-21)13-29-23(27)17-8-4-5-9-20(17)30-16-6-2-1-3-7-16/h1-12H,13-14H2,(H,24,26). The topological polar surface area (TPSA) is 90.9 Å². The smallest absolute Gasteiger partial charge is 0.342 e. The van der Waals surface area contributed by atoms with Gasteiger partial charge in [-0.25, -0.2) is 4.79 Å². The van der Waals surface area contributed by atoms with Crippen LogP contribution in [0.5, 0.6) is 17.2 Å². The number of benzene rings is 3. The third kappa shape index (κ3) is 4.30. The Labute approximate surface area is 172 Å². The van der Waals surface area contributed by atoms with Gasteiger partial charge in [0, 0.05) is 5.56 Å². The molecule has 3 aromatic rings. The number of nitrogens with one attached hydrogen (secondary N) is 1. The Morgan fingerprint density at radius 1 is 0.967 bits per heavy atom. The van der Waals surface area contributed by atoms with Crippen molar-refractivity contribution in [2.24, 2.45) is 0 Å². The van der Waals surface area contributed by atoms with Crippen molar-refractivity contribution in [1.29, 1.82) is 0 Å². The molecule has 7 nitrogen and oxygen atoms in total. The molecule has 30 heavy (non-hydrogen) atoms. The van der Waals surface area contributed by atoms with E-state index in [9.17, 15) is 14.4 Å². The number of carbonyl (C=O) groups is 3. The average molecular weight is 403 g/mol. The molecule has 0 saturated heterocycles. The number of hydrogen-bond acceptors (Lipinski definition) is 6. The summed E-state index contributed by atoms with van der Waals surface area (Å²) in [6.07, 6.45) is 0. The van der Waals surface area contributed by atoms with E-state index in [2.05, 4.69) is 5.32 Å². The maximum Gasteiger partial charge on any atom is 0.342 e. The number of fused-ring (bicyclic) bond motifs is 1. The normalized spacial score (nSPS) is 12.2. The number of ketones is 1. The summed E-state index contributed by atoms with van der Waals surface area (Å²) in [6.45, 7) is -0.519. The Hall–Kier alpha value is -4.13. The summed E-state index contributed by atoms with van der Waals surface area (Å²) in [4.78, 5) is 36.4. The molecule has 1 aliphatic heterocycles. The van der Waals surface area contributed by atoms with Gasteiger partial charge in [-0.2, -0.15) is 0 Å². The van der Waals surface area contributed by atoms with Gasteiger partial charge >= 0.3 is 5.97 Å². The zero-order chi connectivity index (χ0) is 20.9. The van der Waals surface area contributed by atoms with Crippen molar-refractivity contribution in [3.63, 3.8) is 0 Å². The molecule has 0 spiro atoms. The summed E-state index contributed by atoms with van der Waals surface area (Å²) in [5, 5.41) is 2.64. The Kier molecular flexibility index (Phi) is 5.43. The number of Topliss-reactive ketones (excluding diaryl/α,β-unsaturated/α-hetero) is 1. The first kappa shape index (κ1) is 19.2. The van der Waals surface area contributed by atoms with Crippen molar-refractivity contribution in [2.45, 2.75) is 0 Å². The number of carbonyl (C=O) groups excluding carboxylic acids is 3. The van der Waals surface area contributed by atoms with Gasteiger partial charge < -0.3 is 19.5 Å². The van der Waals surface area contributed by atoms with E-state index in [0.717, 1.165) is 0 Å². The maximum absolute atomic E-state index is 12.5. The van der Waals surface area contributed by atoms with Crippen LogP contribution in [-0.2, 0) is 9.53 Å². The quantitative estimate of drug-likeness (QED) is 0.497. The van der Waals surface area contributed by atoms with E-state index in [4.69, 9.17) is 14.2 Å². The van der Waals surface area contributed by atoms with Crippen LogP contribution in [0.25, 0.3) is 0 Å². The van der Waals surface area contributed by atoms with Crippen molar-refractivity contribution >= 4 is 23.3 Å². The van der Waals surface area contributed by atoms with Crippen molar-refractivity contribution in [3.05, 3.63) is 83.9 Å². The highest BCUT2D eigenvalue weighted by molar-refractivity contribution is 6.02. The molecule has 0 aliphatic carbocycles. The summed E-state index contributed by atoms with van der Waals surface area (Å²) in [6, 6.07) is 20.3. The zero-order valence-electron chi connectivity index (χ0n) is 15.8. The van der Waals surface area contributed by atoms with Gasteiger partial charge in [0.2, 0.25) is 0 Å². The second kappa shape index (κ2) is 8.48. The Balaban J connectivity index is 1.43. The number of ether oxygens (including phenoxy) is 3. The summed E-state index contributed by atoms with van der Waals surface area (Å²) in [5.74, 6) is 0.00235. The first-order valence-electron chi connectivity index (χ1n) is 9.19. The number of esters is 1. The van der Waals surface area contributed by atoms with Crippen LogP contribution in [0, 0.1) is 0 Å². The first-order chi connectivity index (χ1) is 14.6. The van der Waals surface area contributed by atoms with E-state index in [0.29, 0.717) is 28.5 Å². The van der Waals surface area contributed by atoms with E-state index >= 15 is 0 Å². The van der Waals surface area contributed by atoms with Crippen molar-refractivity contribution in [2.75, 3.05) is 18.5 Å². The highest BCUT2D eigenvalue weighted by atomic mass is 16.5. The minimum atomic E-state index is -0.676. The third-order valence-electron chi connectivity index (χ3n) is 4.35. The van der Waals surface area contributed by atoms with E-state index in [-0.39, 0.29) is 18.1 Å². The van der Waals surface area contributed by atoms with Crippen LogP contribution in [0.3, 0.4) is 0 Å². The fourth-order valence-corrected chi connectivity index (χ4v) is 2.89. The van der Waals surface area contributed by atoms with Crippen molar-refractivity contribution in [1.82, 2.24) is 0 Å². The van der Waals surface area contributed by atoms with Gasteiger partial charge in [0.25, 0.3) is 5.91 Å². The van der Waals surface area contributed by atoms with Crippen LogP contribution in [-0.4, -0.2) is 30.9 Å². The molecule has 0 radical (unpaired) electrons. The molecule has 150 valence electrons. The second-order valence-electron chi connectivity index (χ2n) is 6.46. The fourth-order valence-electron chi connectivity index (χ4n) is 2.89. The van der Waals surface area contributed by atoms with Crippen LogP contribution in [0.2, 0.25) is 0 Å². The Morgan fingerprint density at radius 3 is 2.57 bits per heavy atom. The Bertz CT molecular complexity index is 1110. The fraction of sp³-hybridized carbons (Fsp3) is 0.0870. The lowest BCUT2D eigenvalue weighted by Crippen LogP contribution is -2.25. The highest BCUT2D eigenvalue weighted by Gasteiger charge is 2.20. The van der Waals surface area contributed by atoms with E-state index in [1.165, 1.54) is 6.07 Å². The number of anilines is 1. The van der Waals surface area contributed by atoms with E-state index < -0.39 is 18.4 Å². The van der Waals surface area contributed by atoms with Gasteiger partial charge in [-0.1, -0.05) is 30.3 Å². The van der Waals surface area contributed by atoms with Crippen LogP contribution < -0.4 is 14.8 Å². The number of para-hydroxylation sites is 2. The van der Waals surface area contributed by atoms with E-state index in [1.54, 1.807) is 48.5 Å². The number of hydrogen-bond donors (Lipinski definition) is 1. The van der Waals surface area contributed by atoms with Gasteiger partial charge in [0.15, 0.2) is 19.0 Å². The molecule has 7 heteroatoms. The predicted octanol–water partition coefficient (Wildman–Crippen LogP) is 3.85. The predicted molar refractivity (Wildman–Crippen MR) is 108 cm³/mol. The van der Waals surface area contributed by atoms with Gasteiger partial charge in [-0.05, 0) is 42.5 Å². The number of rotatable bonds is 6. The zero-order valence-corrected chi connectivity index (χ0v) is 15.8. The lowest BCUT2D eigenvalue weighted by molar-refractivity contribution is -0.118. The lowest BCUT2D eigenvalue weighted by Gasteiger charge is -2.18. The Morgan fingerprint density at radius 2 is 1.73 bits per heavy atom. The molecule has 0 aromatic heterocycles. The van der Waals surface area contributed by atoms with Crippen LogP contribution in [0.1, 0.15) is 20.7 Å². The molecule has 1 N–H and O–H groups in total. The van der Waals surface area contributed by atoms with Crippen LogP contribution >= 0.6 is 0 Å². The van der Waals surface area contributed by atoms with Gasteiger partial charge in [-0.15, -0.1) is 0 Å². The summed E-state index contributed by atoms with van der Waals surface area (Å²) in [5.41, 5.74) is 0.909. The molecule has 3 aromatic carbocycles. The summed E-state index contributed by atoms with van der Waals surface area (Å²) < 4.78 is 16.2. The average Bonchev–Trinajstić information content (AvgIpc) is 2.77. The highest BCUT2D eigenvalue weighted by Crippen LogP contribution is 2.29. The second-order valence-corrected chi connectivity index (χ2v) is 6.46. The lowest BCUT2D eigenvalue weighted by atomic mass is 10.1. The minimum absolute atomic E-state index is 0.0671. The van der Waals surface area contributed by atoms with E-state index in [1.807, 2.05) is 18.2 Å². The van der Waals surface area contributed by atoms with Gasteiger partial charge in [0.1, 0.15) is 22.8 Å².